The molecule has 2 aromatic carbocycles. The van der Waals surface area contributed by atoms with Crippen LogP contribution < -0.4 is 15.4 Å². The summed E-state index contributed by atoms with van der Waals surface area (Å²) < 4.78 is 7.06. The van der Waals surface area contributed by atoms with Gasteiger partial charge in [-0.15, -0.1) is 0 Å². The van der Waals surface area contributed by atoms with Crippen LogP contribution in [0.3, 0.4) is 0 Å². The number of hydrogen-bond donors (Lipinski definition) is 1. The van der Waals surface area contributed by atoms with E-state index in [1.807, 2.05) is 30.3 Å². The number of aromatic nitrogens is 3. The van der Waals surface area contributed by atoms with Crippen molar-refractivity contribution >= 4 is 44.0 Å². The number of aryl methyl sites for hydroxylation is 1. The topological polar surface area (TPSA) is 77.2 Å². The van der Waals surface area contributed by atoms with Crippen molar-refractivity contribution < 1.29 is 4.74 Å². The Morgan fingerprint density at radius 3 is 2.83 bits per heavy atom. The van der Waals surface area contributed by atoms with E-state index in [0.717, 1.165) is 40.4 Å². The van der Waals surface area contributed by atoms with Crippen molar-refractivity contribution in [2.75, 3.05) is 17.2 Å². The van der Waals surface area contributed by atoms with Gasteiger partial charge in [0, 0.05) is 28.3 Å². The van der Waals surface area contributed by atoms with Crippen molar-refractivity contribution in [1.82, 2.24) is 15.0 Å². The zero-order valence-electron chi connectivity index (χ0n) is 15.5. The molecular weight excluding hydrogens is 430 g/mol. The molecule has 3 heterocycles. The molecule has 0 amide bonds. The number of pyridine rings is 1. The van der Waals surface area contributed by atoms with Crippen molar-refractivity contribution in [1.29, 1.82) is 0 Å². The van der Waals surface area contributed by atoms with Crippen molar-refractivity contribution in [3.05, 3.63) is 71.1 Å². The van der Waals surface area contributed by atoms with Crippen LogP contribution in [0.25, 0.3) is 10.9 Å². The number of para-hydroxylation sites is 1. The third-order valence-electron chi connectivity index (χ3n) is 5.08. The molecule has 0 radical (unpaired) electrons. The van der Waals surface area contributed by atoms with E-state index >= 15 is 0 Å². The molecule has 4 aromatic rings. The van der Waals surface area contributed by atoms with E-state index in [0.29, 0.717) is 23.1 Å². The summed E-state index contributed by atoms with van der Waals surface area (Å²) in [6.45, 7) is 0.848. The maximum atomic E-state index is 6.47. The van der Waals surface area contributed by atoms with E-state index in [1.54, 1.807) is 6.20 Å². The first-order chi connectivity index (χ1) is 14.2. The Morgan fingerprint density at radius 1 is 1.00 bits per heavy atom. The number of nitrogens with two attached hydrogens (primary N) is 1. The van der Waals surface area contributed by atoms with Crippen LogP contribution in [0.15, 0.2) is 65.5 Å². The number of fused-ring (bicyclic) bond motifs is 2. The van der Waals surface area contributed by atoms with Crippen LogP contribution in [-0.4, -0.2) is 21.5 Å². The monoisotopic (exact) mass is 447 g/mol. The summed E-state index contributed by atoms with van der Waals surface area (Å²) in [5.74, 6) is 1.59. The van der Waals surface area contributed by atoms with Crippen molar-refractivity contribution in [2.45, 2.75) is 12.8 Å². The second-order valence-electron chi connectivity index (χ2n) is 6.85. The number of benzene rings is 2. The van der Waals surface area contributed by atoms with Gasteiger partial charge in [-0.25, -0.2) is 4.98 Å². The highest BCUT2D eigenvalue weighted by Gasteiger charge is 2.23. The summed E-state index contributed by atoms with van der Waals surface area (Å²) in [6, 6.07) is 16.0. The molecule has 0 unspecified atom stereocenters. The van der Waals surface area contributed by atoms with Crippen molar-refractivity contribution in [3.63, 3.8) is 0 Å². The molecule has 0 spiro atoms. The molecule has 5 rings (SSSR count). The summed E-state index contributed by atoms with van der Waals surface area (Å²) in [7, 11) is 0. The fraction of sp³-hybridized carbons (Fsp3) is 0.136. The fourth-order valence-electron chi connectivity index (χ4n) is 3.72. The van der Waals surface area contributed by atoms with Crippen LogP contribution in [0, 0.1) is 0 Å². The Kier molecular flexibility index (Phi) is 4.52. The highest BCUT2D eigenvalue weighted by molar-refractivity contribution is 9.10. The Morgan fingerprint density at radius 2 is 1.90 bits per heavy atom. The largest absolute Gasteiger partial charge is 0.435 e. The lowest BCUT2D eigenvalue weighted by molar-refractivity contribution is 0.468. The molecule has 0 atom stereocenters. The van der Waals surface area contributed by atoms with E-state index in [2.05, 4.69) is 54.0 Å². The molecular formula is C22H18BrN5O. The molecule has 6 nitrogen and oxygen atoms in total. The van der Waals surface area contributed by atoms with Gasteiger partial charge in [0.05, 0.1) is 0 Å². The molecule has 1 aliphatic heterocycles. The van der Waals surface area contributed by atoms with Gasteiger partial charge in [-0.1, -0.05) is 40.2 Å². The molecule has 29 heavy (non-hydrogen) atoms. The maximum Gasteiger partial charge on any atom is 0.248 e. The minimum atomic E-state index is 0.326. The predicted octanol–water partition coefficient (Wildman–Crippen LogP) is 5.25. The van der Waals surface area contributed by atoms with Crippen LogP contribution in [0.5, 0.6) is 11.6 Å². The normalized spacial score (nSPS) is 13.3. The summed E-state index contributed by atoms with van der Waals surface area (Å²) in [5, 5.41) is 0.961. The van der Waals surface area contributed by atoms with E-state index < -0.39 is 0 Å². The quantitative estimate of drug-likeness (QED) is 0.462. The summed E-state index contributed by atoms with van der Waals surface area (Å²) >= 11 is 3.56. The molecule has 0 aliphatic carbocycles. The number of nitrogens with zero attached hydrogens (tertiary/aromatic N) is 4. The van der Waals surface area contributed by atoms with E-state index in [4.69, 9.17) is 10.5 Å². The van der Waals surface area contributed by atoms with Gasteiger partial charge < -0.3 is 15.4 Å². The number of halogens is 1. The molecule has 2 N–H and O–H groups in total. The predicted molar refractivity (Wildman–Crippen MR) is 118 cm³/mol. The number of hydrogen-bond acceptors (Lipinski definition) is 6. The third kappa shape index (κ3) is 3.17. The molecule has 0 saturated carbocycles. The zero-order valence-corrected chi connectivity index (χ0v) is 17.1. The van der Waals surface area contributed by atoms with Crippen LogP contribution >= 0.6 is 15.9 Å². The lowest BCUT2D eigenvalue weighted by Gasteiger charge is -2.31. The van der Waals surface area contributed by atoms with E-state index in [9.17, 15) is 0 Å². The van der Waals surface area contributed by atoms with Gasteiger partial charge in [0.15, 0.2) is 11.6 Å². The molecule has 144 valence electrons. The smallest absolute Gasteiger partial charge is 0.248 e. The highest BCUT2D eigenvalue weighted by Crippen LogP contribution is 2.40. The number of nitrogen functional groups attached to an aromatic ring is 1. The Hall–Kier alpha value is -3.19. The van der Waals surface area contributed by atoms with Crippen LogP contribution in [-0.2, 0) is 6.42 Å². The van der Waals surface area contributed by atoms with Crippen molar-refractivity contribution in [2.24, 2.45) is 0 Å². The van der Waals surface area contributed by atoms with Gasteiger partial charge in [-0.2, -0.15) is 4.98 Å². The first-order valence-corrected chi connectivity index (χ1v) is 10.2. The number of rotatable bonds is 3. The van der Waals surface area contributed by atoms with Gasteiger partial charge >= 0.3 is 0 Å². The Bertz CT molecular complexity index is 1210. The van der Waals surface area contributed by atoms with E-state index in [1.165, 1.54) is 11.9 Å². The number of anilines is 3. The first-order valence-electron chi connectivity index (χ1n) is 9.39. The average molecular weight is 448 g/mol. The number of ether oxygens (including phenoxy) is 1. The standard InChI is InChI=1S/C22H18BrN5O/c23-16-9-10-18(20-15(16)7-3-11-25-20)29-22-19(24)21(26-13-27-22)28-12-4-6-14-5-1-2-8-17(14)28/h1-3,5,7-11,13H,4,6,12,24H2. The Labute approximate surface area is 176 Å². The van der Waals surface area contributed by atoms with Crippen LogP contribution in [0.2, 0.25) is 0 Å². The summed E-state index contributed by atoms with van der Waals surface area (Å²) in [5.41, 5.74) is 10.0. The minimum absolute atomic E-state index is 0.326. The van der Waals surface area contributed by atoms with Gasteiger partial charge in [0.25, 0.3) is 0 Å². The minimum Gasteiger partial charge on any atom is -0.435 e. The second kappa shape index (κ2) is 7.33. The van der Waals surface area contributed by atoms with Gasteiger partial charge in [-0.05, 0) is 42.7 Å². The highest BCUT2D eigenvalue weighted by atomic mass is 79.9. The SMILES string of the molecule is Nc1c(Oc2ccc(Br)c3cccnc23)ncnc1N1CCCc2ccccc21. The molecule has 0 bridgehead atoms. The van der Waals surface area contributed by atoms with Crippen LogP contribution in [0.4, 0.5) is 17.2 Å². The molecule has 2 aromatic heterocycles. The zero-order chi connectivity index (χ0) is 19.8. The molecule has 0 fully saturated rings. The van der Waals surface area contributed by atoms with E-state index in [-0.39, 0.29) is 0 Å². The summed E-state index contributed by atoms with van der Waals surface area (Å²) in [6.07, 6.45) is 5.32. The third-order valence-corrected chi connectivity index (χ3v) is 5.77. The van der Waals surface area contributed by atoms with Gasteiger partial charge in [-0.3, -0.25) is 4.98 Å². The Balaban J connectivity index is 1.56. The van der Waals surface area contributed by atoms with Crippen LogP contribution in [0.1, 0.15) is 12.0 Å². The maximum absolute atomic E-state index is 6.47. The first kappa shape index (κ1) is 17.9. The van der Waals surface area contributed by atoms with Gasteiger partial charge in [0.1, 0.15) is 17.5 Å². The van der Waals surface area contributed by atoms with Gasteiger partial charge in [0.2, 0.25) is 5.88 Å². The lowest BCUT2D eigenvalue weighted by Crippen LogP contribution is -2.26. The second-order valence-corrected chi connectivity index (χ2v) is 7.70. The molecule has 1 aliphatic rings. The molecule has 0 saturated heterocycles. The lowest BCUT2D eigenvalue weighted by atomic mass is 10.0. The summed E-state index contributed by atoms with van der Waals surface area (Å²) in [4.78, 5) is 15.4. The molecule has 7 heteroatoms. The van der Waals surface area contributed by atoms with Crippen molar-refractivity contribution in [3.8, 4) is 11.6 Å². The fourth-order valence-corrected chi connectivity index (χ4v) is 4.17. The average Bonchev–Trinajstić information content (AvgIpc) is 2.77.